The van der Waals surface area contributed by atoms with Crippen LogP contribution in [0.25, 0.3) is 0 Å². The van der Waals surface area contributed by atoms with Gasteiger partial charge in [-0.15, -0.1) is 0 Å². The molecule has 0 bridgehead atoms. The third-order valence-electron chi connectivity index (χ3n) is 4.19. The lowest BCUT2D eigenvalue weighted by Gasteiger charge is -2.15. The maximum atomic E-state index is 12.5. The van der Waals surface area contributed by atoms with Crippen molar-refractivity contribution < 1.29 is 17.7 Å². The number of benzene rings is 1. The highest BCUT2D eigenvalue weighted by Crippen LogP contribution is 2.30. The van der Waals surface area contributed by atoms with E-state index >= 15 is 0 Å². The van der Waals surface area contributed by atoms with Crippen molar-refractivity contribution in [3.8, 4) is 0 Å². The monoisotopic (exact) mass is 363 g/mol. The summed E-state index contributed by atoms with van der Waals surface area (Å²) < 4.78 is 32.7. The Bertz CT molecular complexity index is 864. The van der Waals surface area contributed by atoms with Gasteiger partial charge in [-0.3, -0.25) is 4.79 Å². The first kappa shape index (κ1) is 17.6. The van der Waals surface area contributed by atoms with Crippen LogP contribution in [0.1, 0.15) is 42.8 Å². The number of carbonyl (C=O) groups excluding carboxylic acids is 1. The Morgan fingerprint density at radius 3 is 2.40 bits per heavy atom. The molecule has 2 N–H and O–H groups in total. The third kappa shape index (κ3) is 3.91. The molecule has 0 spiro atoms. The van der Waals surface area contributed by atoms with Crippen LogP contribution in [0.4, 0.5) is 5.69 Å². The molecule has 1 aliphatic rings. The van der Waals surface area contributed by atoms with Gasteiger partial charge >= 0.3 is 0 Å². The second-order valence-corrected chi connectivity index (χ2v) is 8.03. The molecule has 8 heteroatoms. The quantitative estimate of drug-likeness (QED) is 0.822. The Kier molecular flexibility index (Phi) is 4.66. The molecule has 134 valence electrons. The van der Waals surface area contributed by atoms with Gasteiger partial charge in [-0.25, -0.2) is 13.1 Å². The van der Waals surface area contributed by atoms with E-state index in [2.05, 4.69) is 15.2 Å². The smallest absolute Gasteiger partial charge is 0.246 e. The molecular weight excluding hydrogens is 342 g/mol. The van der Waals surface area contributed by atoms with Gasteiger partial charge in [-0.2, -0.15) is 0 Å². The second kappa shape index (κ2) is 6.61. The lowest BCUT2D eigenvalue weighted by molar-refractivity contribution is -0.117. The minimum atomic E-state index is -3.73. The number of nitrogens with zero attached hydrogens (tertiary/aromatic N) is 1. The number of nitrogens with one attached hydrogen (secondary N) is 2. The Hall–Kier alpha value is -2.19. The number of hydrogen-bond donors (Lipinski definition) is 2. The molecule has 2 aromatic rings. The Labute approximate surface area is 146 Å². The van der Waals surface area contributed by atoms with Crippen LogP contribution in [0.3, 0.4) is 0 Å². The van der Waals surface area contributed by atoms with Gasteiger partial charge in [0.1, 0.15) is 10.6 Å². The topological polar surface area (TPSA) is 101 Å². The lowest BCUT2D eigenvalue weighted by Crippen LogP contribution is -2.27. The van der Waals surface area contributed by atoms with Gasteiger partial charge in [-0.1, -0.05) is 17.3 Å². The maximum Gasteiger partial charge on any atom is 0.246 e. The molecule has 7 nitrogen and oxygen atoms in total. The molecule has 1 heterocycles. The van der Waals surface area contributed by atoms with Gasteiger partial charge in [0.25, 0.3) is 0 Å². The number of aryl methyl sites for hydroxylation is 2. The Morgan fingerprint density at radius 1 is 1.24 bits per heavy atom. The van der Waals surface area contributed by atoms with Crippen LogP contribution in [0.2, 0.25) is 0 Å². The Morgan fingerprint density at radius 2 is 1.88 bits per heavy atom. The van der Waals surface area contributed by atoms with Crippen molar-refractivity contribution in [2.75, 3.05) is 5.32 Å². The molecule has 1 unspecified atom stereocenters. The molecule has 1 saturated carbocycles. The highest BCUT2D eigenvalue weighted by atomic mass is 32.2. The van der Waals surface area contributed by atoms with Crippen LogP contribution in [-0.2, 0) is 14.8 Å². The summed E-state index contributed by atoms with van der Waals surface area (Å²) in [6.45, 7) is 4.91. The first-order valence-electron chi connectivity index (χ1n) is 8.14. The number of anilines is 1. The second-order valence-electron chi connectivity index (χ2n) is 6.38. The Balaban J connectivity index is 1.70. The van der Waals surface area contributed by atoms with Crippen LogP contribution < -0.4 is 10.0 Å². The van der Waals surface area contributed by atoms with Crippen molar-refractivity contribution in [3.63, 3.8) is 0 Å². The molecule has 1 aromatic heterocycles. The van der Waals surface area contributed by atoms with Crippen LogP contribution in [0.5, 0.6) is 0 Å². The van der Waals surface area contributed by atoms with E-state index in [4.69, 9.17) is 4.52 Å². The standard InChI is InChI=1S/C17H21N3O4S/c1-10(20-25(22,23)16-11(2)19-24-12(16)3)13-6-8-15(9-7-13)18-17(21)14-4-5-14/h6-10,14,20H,4-5H2,1-3H3,(H,18,21). The van der Waals surface area contributed by atoms with Gasteiger partial charge in [0.2, 0.25) is 15.9 Å². The van der Waals surface area contributed by atoms with E-state index in [-0.39, 0.29) is 22.5 Å². The molecule has 1 amide bonds. The van der Waals surface area contributed by atoms with Gasteiger partial charge in [0.15, 0.2) is 5.76 Å². The molecule has 1 aliphatic carbocycles. The fourth-order valence-corrected chi connectivity index (χ4v) is 4.22. The minimum Gasteiger partial charge on any atom is -0.360 e. The van der Waals surface area contributed by atoms with Gasteiger partial charge in [-0.05, 0) is 51.3 Å². The van der Waals surface area contributed by atoms with Crippen LogP contribution in [-0.4, -0.2) is 19.5 Å². The predicted molar refractivity (Wildman–Crippen MR) is 92.5 cm³/mol. The minimum absolute atomic E-state index is 0.0416. The average Bonchev–Trinajstić information content (AvgIpc) is 3.33. The van der Waals surface area contributed by atoms with E-state index in [1.807, 2.05) is 0 Å². The molecule has 25 heavy (non-hydrogen) atoms. The van der Waals surface area contributed by atoms with Crippen molar-refractivity contribution in [2.45, 2.75) is 44.6 Å². The summed E-state index contributed by atoms with van der Waals surface area (Å²) in [4.78, 5) is 11.8. The molecule has 1 atom stereocenters. The van der Waals surface area contributed by atoms with Gasteiger partial charge < -0.3 is 9.84 Å². The zero-order valence-corrected chi connectivity index (χ0v) is 15.2. The molecule has 3 rings (SSSR count). The molecule has 0 saturated heterocycles. The van der Waals surface area contributed by atoms with Crippen molar-refractivity contribution in [1.82, 2.24) is 9.88 Å². The van der Waals surface area contributed by atoms with E-state index in [1.54, 1.807) is 45.0 Å². The van der Waals surface area contributed by atoms with Crippen molar-refractivity contribution in [2.24, 2.45) is 5.92 Å². The maximum absolute atomic E-state index is 12.5. The zero-order chi connectivity index (χ0) is 18.2. The number of hydrogen-bond acceptors (Lipinski definition) is 5. The van der Waals surface area contributed by atoms with Crippen molar-refractivity contribution in [1.29, 1.82) is 0 Å². The SMILES string of the molecule is Cc1noc(C)c1S(=O)(=O)NC(C)c1ccc(NC(=O)C2CC2)cc1. The van der Waals surface area contributed by atoms with Gasteiger partial charge in [0, 0.05) is 17.6 Å². The fourth-order valence-electron chi connectivity index (χ4n) is 2.66. The average molecular weight is 363 g/mol. The van der Waals surface area contributed by atoms with Crippen molar-refractivity contribution >= 4 is 21.6 Å². The normalized spacial score (nSPS) is 15.8. The number of aromatic nitrogens is 1. The highest BCUT2D eigenvalue weighted by molar-refractivity contribution is 7.89. The van der Waals surface area contributed by atoms with E-state index in [9.17, 15) is 13.2 Å². The van der Waals surface area contributed by atoms with Gasteiger partial charge in [0.05, 0.1) is 0 Å². The number of carbonyl (C=O) groups is 1. The largest absolute Gasteiger partial charge is 0.360 e. The third-order valence-corrected chi connectivity index (χ3v) is 5.98. The van der Waals surface area contributed by atoms with Crippen LogP contribution in [0.15, 0.2) is 33.7 Å². The first-order chi connectivity index (χ1) is 11.8. The van der Waals surface area contributed by atoms with Crippen LogP contribution >= 0.6 is 0 Å². The van der Waals surface area contributed by atoms with Crippen molar-refractivity contribution in [3.05, 3.63) is 41.3 Å². The summed E-state index contributed by atoms with van der Waals surface area (Å²) in [5, 5.41) is 6.54. The summed E-state index contributed by atoms with van der Waals surface area (Å²) in [6, 6.07) is 6.70. The highest BCUT2D eigenvalue weighted by Gasteiger charge is 2.29. The number of sulfonamides is 1. The summed E-state index contributed by atoms with van der Waals surface area (Å²) >= 11 is 0. The molecule has 0 aliphatic heterocycles. The summed E-state index contributed by atoms with van der Waals surface area (Å²) in [6.07, 6.45) is 1.90. The first-order valence-corrected chi connectivity index (χ1v) is 9.62. The fraction of sp³-hybridized carbons (Fsp3) is 0.412. The molecule has 1 aromatic carbocycles. The van der Waals surface area contributed by atoms with E-state index in [0.29, 0.717) is 11.4 Å². The lowest BCUT2D eigenvalue weighted by atomic mass is 10.1. The zero-order valence-electron chi connectivity index (χ0n) is 14.4. The van der Waals surface area contributed by atoms with Crippen LogP contribution in [0, 0.1) is 19.8 Å². The summed E-state index contributed by atoms with van der Waals surface area (Å²) in [5.41, 5.74) is 1.83. The summed E-state index contributed by atoms with van der Waals surface area (Å²) in [5.74, 6) is 0.440. The van der Waals surface area contributed by atoms with E-state index < -0.39 is 16.1 Å². The molecule has 1 fully saturated rings. The summed E-state index contributed by atoms with van der Waals surface area (Å²) in [7, 11) is -3.73. The number of rotatable bonds is 6. The molecule has 0 radical (unpaired) electrons. The van der Waals surface area contributed by atoms with E-state index in [1.165, 1.54) is 0 Å². The predicted octanol–water partition coefficient (Wildman–Crippen LogP) is 2.68. The number of amides is 1. The van der Waals surface area contributed by atoms with E-state index in [0.717, 1.165) is 18.4 Å². The molecular formula is C17H21N3O4S.